The van der Waals surface area contributed by atoms with Crippen molar-refractivity contribution < 1.29 is 22.9 Å². The van der Waals surface area contributed by atoms with Gasteiger partial charge in [-0.1, -0.05) is 89.7 Å². The van der Waals surface area contributed by atoms with E-state index in [1.807, 2.05) is 13.8 Å². The quantitative estimate of drug-likeness (QED) is 0.185. The lowest BCUT2D eigenvalue weighted by molar-refractivity contribution is -0.554. The van der Waals surface area contributed by atoms with E-state index >= 15 is 0 Å². The number of unbranched alkanes of at least 4 members (excludes halogenated alkanes) is 11. The van der Waals surface area contributed by atoms with Crippen molar-refractivity contribution >= 4 is 5.84 Å². The number of benzene rings is 1. The van der Waals surface area contributed by atoms with Gasteiger partial charge < -0.3 is 5.11 Å². The predicted molar refractivity (Wildman–Crippen MR) is 146 cm³/mol. The zero-order valence-corrected chi connectivity index (χ0v) is 23.3. The molecule has 1 N–H and O–H groups in total. The molecule has 2 aliphatic heterocycles. The molecule has 6 heteroatoms. The third kappa shape index (κ3) is 7.84. The number of alkyl halides is 3. The maximum Gasteiger partial charge on any atom is 0.416 e. The summed E-state index contributed by atoms with van der Waals surface area (Å²) >= 11 is 0. The SMILES string of the molecule is CCCCCCCCCCCCCCC1(O)C(C)=C(C)C2=[N+](Cc3cccc(C(F)(F)F)c3)CCCN21. The van der Waals surface area contributed by atoms with Crippen LogP contribution in [0.1, 0.15) is 122 Å². The lowest BCUT2D eigenvalue weighted by Crippen LogP contribution is -2.53. The van der Waals surface area contributed by atoms with Gasteiger partial charge in [-0.2, -0.15) is 13.2 Å². The molecule has 0 saturated carbocycles. The van der Waals surface area contributed by atoms with E-state index in [0.29, 0.717) is 18.5 Å². The number of nitrogens with zero attached hydrogens (tertiary/aromatic N) is 2. The molecule has 208 valence electrons. The second-order valence-corrected chi connectivity index (χ2v) is 11.2. The summed E-state index contributed by atoms with van der Waals surface area (Å²) in [6.45, 7) is 8.29. The van der Waals surface area contributed by atoms with E-state index in [0.717, 1.165) is 55.4 Å². The van der Waals surface area contributed by atoms with Crippen molar-refractivity contribution in [1.29, 1.82) is 0 Å². The van der Waals surface area contributed by atoms with Crippen LogP contribution in [0.5, 0.6) is 0 Å². The van der Waals surface area contributed by atoms with E-state index in [1.165, 1.54) is 76.3 Å². The minimum absolute atomic E-state index is 0.412. The van der Waals surface area contributed by atoms with Gasteiger partial charge in [0.2, 0.25) is 5.72 Å². The lowest BCUT2D eigenvalue weighted by Gasteiger charge is -2.34. The van der Waals surface area contributed by atoms with Crippen molar-refractivity contribution in [3.63, 3.8) is 0 Å². The van der Waals surface area contributed by atoms with E-state index in [4.69, 9.17) is 0 Å². The smallest absolute Gasteiger partial charge is 0.350 e. The molecule has 1 unspecified atom stereocenters. The van der Waals surface area contributed by atoms with E-state index in [-0.39, 0.29) is 0 Å². The number of fused-ring (bicyclic) bond motifs is 1. The molecule has 1 aromatic carbocycles. The summed E-state index contributed by atoms with van der Waals surface area (Å²) in [4.78, 5) is 2.12. The molecule has 0 fully saturated rings. The molecule has 1 atom stereocenters. The monoisotopic (exact) mass is 521 g/mol. The highest BCUT2D eigenvalue weighted by Gasteiger charge is 2.53. The summed E-state index contributed by atoms with van der Waals surface area (Å²) in [5.74, 6) is 0.989. The van der Waals surface area contributed by atoms with Gasteiger partial charge in [0.15, 0.2) is 0 Å². The topological polar surface area (TPSA) is 26.5 Å². The predicted octanol–water partition coefficient (Wildman–Crippen LogP) is 8.45. The Morgan fingerprint density at radius 1 is 0.919 bits per heavy atom. The first-order chi connectivity index (χ1) is 17.7. The largest absolute Gasteiger partial charge is 0.416 e. The fourth-order valence-electron chi connectivity index (χ4n) is 6.03. The van der Waals surface area contributed by atoms with E-state index in [9.17, 15) is 18.3 Å². The molecule has 3 rings (SSSR count). The van der Waals surface area contributed by atoms with Gasteiger partial charge in [0, 0.05) is 24.0 Å². The number of amidine groups is 1. The fourth-order valence-corrected chi connectivity index (χ4v) is 6.03. The van der Waals surface area contributed by atoms with Crippen LogP contribution >= 0.6 is 0 Å². The summed E-state index contributed by atoms with van der Waals surface area (Å²) < 4.78 is 41.8. The van der Waals surface area contributed by atoms with Crippen LogP contribution in [0.15, 0.2) is 35.4 Å². The first kappa shape index (κ1) is 29.7. The maximum absolute atomic E-state index is 13.2. The molecule has 37 heavy (non-hydrogen) atoms. The van der Waals surface area contributed by atoms with Gasteiger partial charge in [-0.25, -0.2) is 4.90 Å². The van der Waals surface area contributed by atoms with Crippen molar-refractivity contribution in [2.75, 3.05) is 13.1 Å². The Morgan fingerprint density at radius 3 is 2.11 bits per heavy atom. The molecule has 0 aliphatic carbocycles. The van der Waals surface area contributed by atoms with Gasteiger partial charge in [-0.05, 0) is 38.0 Å². The Morgan fingerprint density at radius 2 is 1.51 bits per heavy atom. The molecule has 1 aromatic rings. The summed E-state index contributed by atoms with van der Waals surface area (Å²) in [5.41, 5.74) is 1.10. The summed E-state index contributed by atoms with van der Waals surface area (Å²) in [7, 11) is 0. The fraction of sp³-hybridized carbons (Fsp3) is 0.710. The molecule has 0 spiro atoms. The van der Waals surface area contributed by atoms with Crippen LogP contribution in [0, 0.1) is 0 Å². The standard InChI is InChI=1S/C31H48F3N2O/c1-4-5-6-7-8-9-10-11-12-13-14-15-20-30(37)26(3)25(2)29-35(21-17-22-36(29)30)24-27-18-16-19-28(23-27)31(32,33)34/h16,18-19,23,37H,4-15,17,20-22,24H2,1-3H3/q+1. The minimum atomic E-state index is -4.34. The zero-order chi connectivity index (χ0) is 26.9. The normalized spacial score (nSPS) is 20.2. The number of halogens is 3. The van der Waals surface area contributed by atoms with Crippen molar-refractivity contribution in [3.8, 4) is 0 Å². The molecule has 3 nitrogen and oxygen atoms in total. The molecule has 0 amide bonds. The molecule has 0 aromatic heterocycles. The Labute approximate surface area is 222 Å². The first-order valence-electron chi connectivity index (χ1n) is 14.6. The highest BCUT2D eigenvalue weighted by Crippen LogP contribution is 2.39. The second kappa shape index (κ2) is 13.8. The summed E-state index contributed by atoms with van der Waals surface area (Å²) in [6.07, 6.45) is 12.6. The van der Waals surface area contributed by atoms with Gasteiger partial charge in [0.1, 0.15) is 6.54 Å². The van der Waals surface area contributed by atoms with Crippen LogP contribution in [0.2, 0.25) is 0 Å². The third-order valence-electron chi connectivity index (χ3n) is 8.32. The third-order valence-corrected chi connectivity index (χ3v) is 8.32. The van der Waals surface area contributed by atoms with Crippen molar-refractivity contribution in [1.82, 2.24) is 4.90 Å². The maximum atomic E-state index is 13.2. The van der Waals surface area contributed by atoms with Crippen LogP contribution in [0.3, 0.4) is 0 Å². The van der Waals surface area contributed by atoms with Crippen LogP contribution in [0.25, 0.3) is 0 Å². The number of hydrogen-bond acceptors (Lipinski definition) is 2. The summed E-state index contributed by atoms with van der Waals surface area (Å²) in [5, 5.41) is 11.8. The number of aliphatic hydroxyl groups is 1. The zero-order valence-electron chi connectivity index (χ0n) is 23.3. The van der Waals surface area contributed by atoms with Gasteiger partial charge in [0.25, 0.3) is 5.84 Å². The Bertz CT molecular complexity index is 937. The van der Waals surface area contributed by atoms with Crippen LogP contribution in [0.4, 0.5) is 13.2 Å². The molecule has 2 aliphatic rings. The number of rotatable bonds is 15. The molecular formula is C31H48F3N2O+. The Kier molecular flexibility index (Phi) is 11.1. The lowest BCUT2D eigenvalue weighted by atomic mass is 9.96. The van der Waals surface area contributed by atoms with Crippen molar-refractivity contribution in [3.05, 3.63) is 46.5 Å². The first-order valence-corrected chi connectivity index (χ1v) is 14.6. The summed E-state index contributed by atoms with van der Waals surface area (Å²) in [6, 6.07) is 5.61. The van der Waals surface area contributed by atoms with E-state index in [2.05, 4.69) is 16.4 Å². The van der Waals surface area contributed by atoms with E-state index < -0.39 is 17.5 Å². The van der Waals surface area contributed by atoms with Gasteiger partial charge in [0.05, 0.1) is 18.7 Å². The van der Waals surface area contributed by atoms with Gasteiger partial charge >= 0.3 is 6.18 Å². The number of hydrogen-bond donors (Lipinski definition) is 1. The van der Waals surface area contributed by atoms with Crippen molar-refractivity contribution in [2.45, 2.75) is 129 Å². The molecular weight excluding hydrogens is 473 g/mol. The average molecular weight is 522 g/mol. The highest BCUT2D eigenvalue weighted by atomic mass is 19.4. The second-order valence-electron chi connectivity index (χ2n) is 11.2. The van der Waals surface area contributed by atoms with Crippen LogP contribution in [-0.2, 0) is 12.7 Å². The molecule has 0 bridgehead atoms. The Hall–Kier alpha value is -1.82. The Balaban J connectivity index is 1.52. The van der Waals surface area contributed by atoms with Crippen LogP contribution < -0.4 is 0 Å². The van der Waals surface area contributed by atoms with Gasteiger partial charge in [-0.15, -0.1) is 0 Å². The minimum Gasteiger partial charge on any atom is -0.350 e. The van der Waals surface area contributed by atoms with E-state index in [1.54, 1.807) is 6.07 Å². The molecule has 0 saturated heterocycles. The van der Waals surface area contributed by atoms with Crippen LogP contribution in [-0.4, -0.2) is 39.2 Å². The van der Waals surface area contributed by atoms with Crippen molar-refractivity contribution in [2.24, 2.45) is 0 Å². The van der Waals surface area contributed by atoms with Gasteiger partial charge in [-0.3, -0.25) is 4.58 Å². The molecule has 0 radical (unpaired) electrons. The highest BCUT2D eigenvalue weighted by molar-refractivity contribution is 5.98. The average Bonchev–Trinajstić information content (AvgIpc) is 3.06. The molecule has 2 heterocycles.